The molecular formula is C13H23NO3. The van der Waals surface area contributed by atoms with Gasteiger partial charge in [0.05, 0.1) is 0 Å². The van der Waals surface area contributed by atoms with Crippen LogP contribution < -0.4 is 5.32 Å². The standard InChI is InChI=1S/C13H23NO3/c1-8(2)10(12(16)17-13(3,4)5)14-11(15)9-6-7-9/h8-10H,6-7H2,1-5H3,(H,14,15)/t10-/m1/s1. The first kappa shape index (κ1) is 14.0. The highest BCUT2D eigenvalue weighted by Crippen LogP contribution is 2.29. The Morgan fingerprint density at radius 2 is 1.76 bits per heavy atom. The second-order valence-corrected chi connectivity index (χ2v) is 6.04. The summed E-state index contributed by atoms with van der Waals surface area (Å²) in [5.74, 6) is -0.220. The molecule has 98 valence electrons. The lowest BCUT2D eigenvalue weighted by Gasteiger charge is -2.26. The highest BCUT2D eigenvalue weighted by Gasteiger charge is 2.35. The van der Waals surface area contributed by atoms with Crippen LogP contribution in [0.15, 0.2) is 0 Å². The summed E-state index contributed by atoms with van der Waals surface area (Å²) in [6.07, 6.45) is 1.87. The lowest BCUT2D eigenvalue weighted by atomic mass is 10.0. The van der Waals surface area contributed by atoms with E-state index >= 15 is 0 Å². The summed E-state index contributed by atoms with van der Waals surface area (Å²) in [7, 11) is 0. The SMILES string of the molecule is CC(C)[C@@H](NC(=O)C1CC1)C(=O)OC(C)(C)C. The van der Waals surface area contributed by atoms with E-state index in [9.17, 15) is 9.59 Å². The first-order chi connectivity index (χ1) is 7.70. The van der Waals surface area contributed by atoms with Gasteiger partial charge in [0.1, 0.15) is 11.6 Å². The number of rotatable bonds is 4. The quantitative estimate of drug-likeness (QED) is 0.765. The molecule has 4 nitrogen and oxygen atoms in total. The fourth-order valence-corrected chi connectivity index (χ4v) is 1.48. The molecule has 0 aromatic heterocycles. The second-order valence-electron chi connectivity index (χ2n) is 6.04. The summed E-state index contributed by atoms with van der Waals surface area (Å²) in [4.78, 5) is 23.6. The number of esters is 1. The van der Waals surface area contributed by atoms with Gasteiger partial charge in [-0.05, 0) is 39.5 Å². The number of hydrogen-bond donors (Lipinski definition) is 1. The van der Waals surface area contributed by atoms with Crippen LogP contribution >= 0.6 is 0 Å². The first-order valence-corrected chi connectivity index (χ1v) is 6.24. The van der Waals surface area contributed by atoms with Crippen molar-refractivity contribution in [1.82, 2.24) is 5.32 Å². The van der Waals surface area contributed by atoms with Crippen LogP contribution in [0.1, 0.15) is 47.5 Å². The van der Waals surface area contributed by atoms with Crippen molar-refractivity contribution in [2.24, 2.45) is 11.8 Å². The van der Waals surface area contributed by atoms with Gasteiger partial charge in [0.25, 0.3) is 0 Å². The predicted octanol–water partition coefficient (Wildman–Crippen LogP) is 1.88. The maximum Gasteiger partial charge on any atom is 0.329 e. The molecule has 1 amide bonds. The lowest BCUT2D eigenvalue weighted by molar-refractivity contribution is -0.160. The molecule has 1 rings (SSSR count). The molecule has 0 aliphatic heterocycles. The van der Waals surface area contributed by atoms with Gasteiger partial charge in [-0.1, -0.05) is 13.8 Å². The van der Waals surface area contributed by atoms with Crippen LogP contribution in [0.5, 0.6) is 0 Å². The average Bonchev–Trinajstić information content (AvgIpc) is 2.92. The Bertz CT molecular complexity index is 300. The van der Waals surface area contributed by atoms with E-state index in [0.29, 0.717) is 0 Å². The van der Waals surface area contributed by atoms with Crippen LogP contribution in [0, 0.1) is 11.8 Å². The summed E-state index contributed by atoms with van der Waals surface area (Å²) < 4.78 is 5.31. The largest absolute Gasteiger partial charge is 0.458 e. The van der Waals surface area contributed by atoms with Crippen LogP contribution in [-0.4, -0.2) is 23.5 Å². The van der Waals surface area contributed by atoms with Gasteiger partial charge in [-0.2, -0.15) is 0 Å². The molecule has 1 aliphatic rings. The van der Waals surface area contributed by atoms with Crippen molar-refractivity contribution in [3.05, 3.63) is 0 Å². The Morgan fingerprint density at radius 1 is 1.24 bits per heavy atom. The third kappa shape index (κ3) is 4.75. The van der Waals surface area contributed by atoms with Gasteiger partial charge in [0, 0.05) is 5.92 Å². The molecule has 0 spiro atoms. The van der Waals surface area contributed by atoms with Gasteiger partial charge in [0.2, 0.25) is 5.91 Å². The number of carbonyl (C=O) groups excluding carboxylic acids is 2. The number of ether oxygens (including phenoxy) is 1. The van der Waals surface area contributed by atoms with Crippen molar-refractivity contribution in [1.29, 1.82) is 0 Å². The zero-order chi connectivity index (χ0) is 13.2. The molecule has 4 heteroatoms. The van der Waals surface area contributed by atoms with Crippen LogP contribution in [0.25, 0.3) is 0 Å². The fourth-order valence-electron chi connectivity index (χ4n) is 1.48. The highest BCUT2D eigenvalue weighted by molar-refractivity contribution is 5.87. The van der Waals surface area contributed by atoms with E-state index in [1.807, 2.05) is 34.6 Å². The zero-order valence-electron chi connectivity index (χ0n) is 11.4. The van der Waals surface area contributed by atoms with Crippen molar-refractivity contribution in [2.75, 3.05) is 0 Å². The predicted molar refractivity (Wildman–Crippen MR) is 65.3 cm³/mol. The molecule has 0 saturated heterocycles. The number of amides is 1. The minimum Gasteiger partial charge on any atom is -0.458 e. The van der Waals surface area contributed by atoms with Crippen molar-refractivity contribution >= 4 is 11.9 Å². The molecule has 1 N–H and O–H groups in total. The molecule has 1 saturated carbocycles. The summed E-state index contributed by atoms with van der Waals surface area (Å²) in [5, 5.41) is 2.79. The van der Waals surface area contributed by atoms with Gasteiger partial charge in [0.15, 0.2) is 0 Å². The normalized spacial score (nSPS) is 17.8. The highest BCUT2D eigenvalue weighted by atomic mass is 16.6. The Morgan fingerprint density at radius 3 is 2.12 bits per heavy atom. The van der Waals surface area contributed by atoms with Crippen LogP contribution in [0.2, 0.25) is 0 Å². The second kappa shape index (κ2) is 5.07. The van der Waals surface area contributed by atoms with E-state index in [2.05, 4.69) is 5.32 Å². The number of hydrogen-bond acceptors (Lipinski definition) is 3. The van der Waals surface area contributed by atoms with E-state index in [0.717, 1.165) is 12.8 Å². The van der Waals surface area contributed by atoms with Crippen LogP contribution in [0.4, 0.5) is 0 Å². The summed E-state index contributed by atoms with van der Waals surface area (Å²) in [5.41, 5.74) is -0.519. The molecule has 1 aliphatic carbocycles. The third-order valence-corrected chi connectivity index (χ3v) is 2.57. The van der Waals surface area contributed by atoms with E-state index in [-0.39, 0.29) is 23.7 Å². The van der Waals surface area contributed by atoms with E-state index < -0.39 is 11.6 Å². The maximum absolute atomic E-state index is 11.9. The average molecular weight is 241 g/mol. The summed E-state index contributed by atoms with van der Waals surface area (Å²) >= 11 is 0. The van der Waals surface area contributed by atoms with Gasteiger partial charge in [-0.3, -0.25) is 4.79 Å². The maximum atomic E-state index is 11.9. The van der Waals surface area contributed by atoms with Gasteiger partial charge in [-0.15, -0.1) is 0 Å². The molecular weight excluding hydrogens is 218 g/mol. The molecule has 0 aromatic carbocycles. The minimum absolute atomic E-state index is 0.0189. The smallest absolute Gasteiger partial charge is 0.329 e. The van der Waals surface area contributed by atoms with Crippen LogP contribution in [0.3, 0.4) is 0 Å². The van der Waals surface area contributed by atoms with Crippen molar-refractivity contribution in [3.8, 4) is 0 Å². The monoisotopic (exact) mass is 241 g/mol. The zero-order valence-corrected chi connectivity index (χ0v) is 11.4. The summed E-state index contributed by atoms with van der Waals surface area (Å²) in [6, 6.07) is -0.540. The van der Waals surface area contributed by atoms with Gasteiger partial charge < -0.3 is 10.1 Å². The minimum atomic E-state index is -0.540. The molecule has 0 aromatic rings. The molecule has 1 atom stereocenters. The van der Waals surface area contributed by atoms with E-state index in [1.165, 1.54) is 0 Å². The Labute approximate surface area is 103 Å². The topological polar surface area (TPSA) is 55.4 Å². The molecule has 0 unspecified atom stereocenters. The molecule has 0 bridgehead atoms. The number of carbonyl (C=O) groups is 2. The van der Waals surface area contributed by atoms with Crippen molar-refractivity contribution < 1.29 is 14.3 Å². The Hall–Kier alpha value is -1.06. The van der Waals surface area contributed by atoms with Crippen LogP contribution in [-0.2, 0) is 14.3 Å². The van der Waals surface area contributed by atoms with Gasteiger partial charge in [-0.25, -0.2) is 4.79 Å². The van der Waals surface area contributed by atoms with Crippen molar-refractivity contribution in [3.63, 3.8) is 0 Å². The molecule has 0 radical (unpaired) electrons. The molecule has 0 heterocycles. The Kier molecular flexibility index (Phi) is 4.17. The summed E-state index contributed by atoms with van der Waals surface area (Å²) in [6.45, 7) is 9.28. The van der Waals surface area contributed by atoms with Crippen molar-refractivity contribution in [2.45, 2.75) is 59.1 Å². The lowest BCUT2D eigenvalue weighted by Crippen LogP contribution is -2.47. The molecule has 1 fully saturated rings. The Balaban J connectivity index is 2.58. The first-order valence-electron chi connectivity index (χ1n) is 6.24. The fraction of sp³-hybridized carbons (Fsp3) is 0.846. The van der Waals surface area contributed by atoms with Gasteiger partial charge >= 0.3 is 5.97 Å². The van der Waals surface area contributed by atoms with E-state index in [1.54, 1.807) is 0 Å². The number of nitrogens with one attached hydrogen (secondary N) is 1. The van der Waals surface area contributed by atoms with E-state index in [4.69, 9.17) is 4.74 Å². The molecule has 17 heavy (non-hydrogen) atoms. The third-order valence-electron chi connectivity index (χ3n) is 2.57.